The lowest BCUT2D eigenvalue weighted by molar-refractivity contribution is -0.122. The second-order valence-corrected chi connectivity index (χ2v) is 5.20. The van der Waals surface area contributed by atoms with E-state index >= 15 is 0 Å². The Balaban J connectivity index is 2.37. The molecule has 1 aromatic rings. The number of aliphatic hydroxyl groups is 1. The molecule has 104 valence electrons. The molecule has 1 heterocycles. The largest absolute Gasteiger partial charge is 0.396 e. The van der Waals surface area contributed by atoms with Crippen molar-refractivity contribution in [2.45, 2.75) is 38.8 Å². The maximum Gasteiger partial charge on any atom is 0.242 e. The zero-order valence-electron chi connectivity index (χ0n) is 11.6. The first-order valence-electron chi connectivity index (χ1n) is 6.87. The van der Waals surface area contributed by atoms with Crippen LogP contribution in [-0.2, 0) is 4.79 Å². The third-order valence-electron chi connectivity index (χ3n) is 3.68. The summed E-state index contributed by atoms with van der Waals surface area (Å²) in [6.45, 7) is 4.90. The van der Waals surface area contributed by atoms with Gasteiger partial charge in [-0.15, -0.1) is 0 Å². The van der Waals surface area contributed by atoms with E-state index in [9.17, 15) is 9.90 Å². The number of aryl methyl sites for hydroxylation is 1. The zero-order chi connectivity index (χ0) is 13.8. The molecule has 1 saturated heterocycles. The fraction of sp³-hybridized carbons (Fsp3) is 0.533. The molecule has 2 rings (SSSR count). The third kappa shape index (κ3) is 3.07. The minimum absolute atomic E-state index is 0.0138. The van der Waals surface area contributed by atoms with Gasteiger partial charge in [-0.25, -0.2) is 0 Å². The van der Waals surface area contributed by atoms with Gasteiger partial charge in [0.05, 0.1) is 0 Å². The fourth-order valence-electron chi connectivity index (χ4n) is 2.71. The minimum atomic E-state index is -0.288. The van der Waals surface area contributed by atoms with Gasteiger partial charge in [-0.2, -0.15) is 0 Å². The Hall–Kier alpha value is -1.55. The Morgan fingerprint density at radius 3 is 2.95 bits per heavy atom. The molecule has 2 atom stereocenters. The van der Waals surface area contributed by atoms with E-state index in [2.05, 4.69) is 23.2 Å². The number of anilines is 1. The molecule has 1 fully saturated rings. The predicted octanol–water partition coefficient (Wildman–Crippen LogP) is 1.46. The van der Waals surface area contributed by atoms with Crippen LogP contribution in [0.2, 0.25) is 0 Å². The summed E-state index contributed by atoms with van der Waals surface area (Å²) >= 11 is 0. The molecule has 1 amide bonds. The van der Waals surface area contributed by atoms with Gasteiger partial charge >= 0.3 is 0 Å². The number of carbonyl (C=O) groups is 1. The van der Waals surface area contributed by atoms with Crippen LogP contribution in [0.15, 0.2) is 24.3 Å². The Morgan fingerprint density at radius 1 is 1.47 bits per heavy atom. The van der Waals surface area contributed by atoms with Crippen molar-refractivity contribution in [3.63, 3.8) is 0 Å². The maximum atomic E-state index is 12.2. The van der Waals surface area contributed by atoms with Gasteiger partial charge in [-0.05, 0) is 44.4 Å². The molecule has 0 saturated carbocycles. The zero-order valence-corrected chi connectivity index (χ0v) is 11.6. The third-order valence-corrected chi connectivity index (χ3v) is 3.68. The van der Waals surface area contributed by atoms with E-state index in [4.69, 9.17) is 0 Å². The summed E-state index contributed by atoms with van der Waals surface area (Å²) < 4.78 is 0. The van der Waals surface area contributed by atoms with E-state index in [1.54, 1.807) is 0 Å². The number of rotatable bonds is 3. The summed E-state index contributed by atoms with van der Waals surface area (Å²) in [5, 5.41) is 12.2. The lowest BCUT2D eigenvalue weighted by atomic mass is 10.1. The van der Waals surface area contributed by atoms with Gasteiger partial charge in [0.15, 0.2) is 0 Å². The summed E-state index contributed by atoms with van der Waals surface area (Å²) in [6, 6.07) is 8.18. The van der Waals surface area contributed by atoms with Crippen molar-refractivity contribution in [3.8, 4) is 0 Å². The van der Waals surface area contributed by atoms with Gasteiger partial charge in [-0.3, -0.25) is 4.79 Å². The highest BCUT2D eigenvalue weighted by Gasteiger charge is 2.31. The topological polar surface area (TPSA) is 52.6 Å². The maximum absolute atomic E-state index is 12.2. The highest BCUT2D eigenvalue weighted by atomic mass is 16.3. The molecule has 1 aliphatic rings. The highest BCUT2D eigenvalue weighted by molar-refractivity contribution is 5.86. The number of hydrogen-bond donors (Lipinski definition) is 2. The first-order valence-corrected chi connectivity index (χ1v) is 6.87. The minimum Gasteiger partial charge on any atom is -0.396 e. The van der Waals surface area contributed by atoms with Crippen LogP contribution in [0.3, 0.4) is 0 Å². The van der Waals surface area contributed by atoms with Gasteiger partial charge in [0.25, 0.3) is 0 Å². The summed E-state index contributed by atoms with van der Waals surface area (Å²) in [6.07, 6.45) is 1.38. The number of carbonyl (C=O) groups excluding carboxylic acids is 1. The monoisotopic (exact) mass is 262 g/mol. The Kier molecular flexibility index (Phi) is 4.43. The van der Waals surface area contributed by atoms with Crippen LogP contribution in [0, 0.1) is 6.92 Å². The van der Waals surface area contributed by atoms with Crippen LogP contribution in [0.4, 0.5) is 5.69 Å². The normalized spacial score (nSPS) is 23.9. The fourth-order valence-corrected chi connectivity index (χ4v) is 2.71. The van der Waals surface area contributed by atoms with Gasteiger partial charge in [0.1, 0.15) is 6.04 Å². The molecule has 1 aromatic carbocycles. The summed E-state index contributed by atoms with van der Waals surface area (Å²) in [7, 11) is 0. The van der Waals surface area contributed by atoms with Gasteiger partial charge < -0.3 is 15.3 Å². The van der Waals surface area contributed by atoms with Crippen molar-refractivity contribution in [1.29, 1.82) is 0 Å². The van der Waals surface area contributed by atoms with Crippen LogP contribution < -0.4 is 10.2 Å². The van der Waals surface area contributed by atoms with Crippen LogP contribution in [-0.4, -0.2) is 36.2 Å². The second-order valence-electron chi connectivity index (χ2n) is 5.20. The first-order chi connectivity index (χ1) is 9.13. The molecule has 19 heavy (non-hydrogen) atoms. The van der Waals surface area contributed by atoms with E-state index in [-0.39, 0.29) is 24.6 Å². The van der Waals surface area contributed by atoms with Crippen LogP contribution >= 0.6 is 0 Å². The molecule has 0 bridgehead atoms. The van der Waals surface area contributed by atoms with Crippen molar-refractivity contribution in [1.82, 2.24) is 5.32 Å². The van der Waals surface area contributed by atoms with Crippen molar-refractivity contribution < 1.29 is 9.90 Å². The molecule has 0 aliphatic carbocycles. The molecule has 0 spiro atoms. The van der Waals surface area contributed by atoms with Crippen molar-refractivity contribution >= 4 is 11.6 Å². The predicted molar refractivity (Wildman–Crippen MR) is 76.2 cm³/mol. The number of nitrogens with one attached hydrogen (secondary N) is 1. The van der Waals surface area contributed by atoms with E-state index < -0.39 is 0 Å². The summed E-state index contributed by atoms with van der Waals surface area (Å²) in [4.78, 5) is 14.3. The SMILES string of the molecule is Cc1cccc(N2C(C)CCNC(=O)C2CCO)c1. The summed E-state index contributed by atoms with van der Waals surface area (Å²) in [5.74, 6) is 0.0138. The van der Waals surface area contributed by atoms with E-state index in [1.807, 2.05) is 25.1 Å². The smallest absolute Gasteiger partial charge is 0.242 e. The van der Waals surface area contributed by atoms with E-state index in [0.717, 1.165) is 12.1 Å². The average molecular weight is 262 g/mol. The molecule has 4 heteroatoms. The average Bonchev–Trinajstić information content (AvgIpc) is 2.50. The number of hydrogen-bond acceptors (Lipinski definition) is 3. The lowest BCUT2D eigenvalue weighted by Gasteiger charge is -2.35. The van der Waals surface area contributed by atoms with Crippen molar-refractivity contribution in [2.75, 3.05) is 18.1 Å². The number of nitrogens with zero attached hydrogens (tertiary/aromatic N) is 1. The Labute approximate surface area is 114 Å². The van der Waals surface area contributed by atoms with Crippen LogP contribution in [0.5, 0.6) is 0 Å². The molecule has 2 unspecified atom stereocenters. The molecule has 4 nitrogen and oxygen atoms in total. The van der Waals surface area contributed by atoms with Gasteiger partial charge in [-0.1, -0.05) is 12.1 Å². The van der Waals surface area contributed by atoms with Gasteiger partial charge in [0, 0.05) is 24.9 Å². The van der Waals surface area contributed by atoms with Gasteiger partial charge in [0.2, 0.25) is 5.91 Å². The quantitative estimate of drug-likeness (QED) is 0.867. The second kappa shape index (κ2) is 6.06. The molecule has 1 aliphatic heterocycles. The highest BCUT2D eigenvalue weighted by Crippen LogP contribution is 2.25. The molecule has 0 radical (unpaired) electrons. The summed E-state index contributed by atoms with van der Waals surface area (Å²) in [5.41, 5.74) is 2.24. The standard InChI is InChI=1S/C15H22N2O2/c1-11-4-3-5-13(10-11)17-12(2)6-8-16-15(19)14(17)7-9-18/h3-5,10,12,14,18H,6-9H2,1-2H3,(H,16,19). The molecule has 0 aromatic heterocycles. The number of benzene rings is 1. The van der Waals surface area contributed by atoms with E-state index in [0.29, 0.717) is 13.0 Å². The lowest BCUT2D eigenvalue weighted by Crippen LogP contribution is -2.47. The number of aliphatic hydroxyl groups excluding tert-OH is 1. The first kappa shape index (κ1) is 13.9. The number of amides is 1. The molecular weight excluding hydrogens is 240 g/mol. The van der Waals surface area contributed by atoms with Crippen molar-refractivity contribution in [3.05, 3.63) is 29.8 Å². The molecular formula is C15H22N2O2. The molecule has 2 N–H and O–H groups in total. The van der Waals surface area contributed by atoms with Crippen LogP contribution in [0.1, 0.15) is 25.3 Å². The Morgan fingerprint density at radius 2 is 2.26 bits per heavy atom. The van der Waals surface area contributed by atoms with E-state index in [1.165, 1.54) is 5.56 Å². The van der Waals surface area contributed by atoms with Crippen molar-refractivity contribution in [2.24, 2.45) is 0 Å². The van der Waals surface area contributed by atoms with Crippen LogP contribution in [0.25, 0.3) is 0 Å². The Bertz CT molecular complexity index is 448.